The molecule has 6 heteroatoms. The van der Waals surface area contributed by atoms with Crippen molar-refractivity contribution in [2.75, 3.05) is 26.7 Å². The monoisotopic (exact) mass is 294 g/mol. The molecule has 0 aliphatic carbocycles. The van der Waals surface area contributed by atoms with E-state index in [1.54, 1.807) is 12.1 Å². The zero-order chi connectivity index (χ0) is 15.2. The minimum atomic E-state index is -0.590. The summed E-state index contributed by atoms with van der Waals surface area (Å²) in [6, 6.07) is 4.59. The Kier molecular flexibility index (Phi) is 5.27. The number of benzene rings is 1. The van der Waals surface area contributed by atoms with E-state index in [9.17, 15) is 14.0 Å². The summed E-state index contributed by atoms with van der Waals surface area (Å²) >= 11 is 0. The van der Waals surface area contributed by atoms with Crippen LogP contribution in [0.5, 0.6) is 0 Å². The number of hydrogen-bond acceptors (Lipinski definition) is 4. The first kappa shape index (κ1) is 15.4. The molecule has 0 bridgehead atoms. The molecule has 2 rings (SSSR count). The number of rotatable bonds is 5. The van der Waals surface area contributed by atoms with Gasteiger partial charge in [-0.25, -0.2) is 4.39 Å². The van der Waals surface area contributed by atoms with Crippen molar-refractivity contribution in [1.82, 2.24) is 10.2 Å². The molecule has 1 N–H and O–H groups in total. The molecule has 1 aliphatic rings. The lowest BCUT2D eigenvalue weighted by Crippen LogP contribution is -2.32. The van der Waals surface area contributed by atoms with Gasteiger partial charge >= 0.3 is 5.97 Å². The third-order valence-electron chi connectivity index (χ3n) is 3.54. The first-order valence-corrected chi connectivity index (χ1v) is 6.96. The fourth-order valence-electron chi connectivity index (χ4n) is 2.45. The number of esters is 1. The second-order valence-corrected chi connectivity index (χ2v) is 5.02. The minimum absolute atomic E-state index is 0.00769. The minimum Gasteiger partial charge on any atom is -0.468 e. The maximum Gasteiger partial charge on any atom is 0.325 e. The van der Waals surface area contributed by atoms with E-state index in [4.69, 9.17) is 0 Å². The van der Waals surface area contributed by atoms with Crippen molar-refractivity contribution in [2.45, 2.75) is 19.4 Å². The average Bonchev–Trinajstić information content (AvgIpc) is 2.97. The molecule has 0 atom stereocenters. The number of nitrogens with zero attached hydrogens (tertiary/aromatic N) is 1. The van der Waals surface area contributed by atoms with Crippen molar-refractivity contribution in [3.63, 3.8) is 0 Å². The number of likely N-dealkylation sites (tertiary alicyclic amines) is 1. The number of halogens is 1. The topological polar surface area (TPSA) is 58.6 Å². The van der Waals surface area contributed by atoms with E-state index in [1.165, 1.54) is 13.2 Å². The lowest BCUT2D eigenvalue weighted by atomic mass is 10.1. The van der Waals surface area contributed by atoms with Crippen LogP contribution in [0.1, 0.15) is 28.8 Å². The van der Waals surface area contributed by atoms with Crippen LogP contribution in [0.15, 0.2) is 18.2 Å². The van der Waals surface area contributed by atoms with Gasteiger partial charge in [-0.2, -0.15) is 0 Å². The average molecular weight is 294 g/mol. The molecule has 0 spiro atoms. The van der Waals surface area contributed by atoms with Crippen LogP contribution in [0.25, 0.3) is 0 Å². The Hall–Kier alpha value is -1.95. The molecule has 0 saturated carbocycles. The van der Waals surface area contributed by atoms with Crippen LogP contribution in [0.4, 0.5) is 4.39 Å². The van der Waals surface area contributed by atoms with E-state index in [1.807, 2.05) is 0 Å². The SMILES string of the molecule is COC(=O)CNC(=O)c1c(F)cccc1CN1CCCC1. The summed E-state index contributed by atoms with van der Waals surface area (Å²) < 4.78 is 18.4. The third-order valence-corrected chi connectivity index (χ3v) is 3.54. The van der Waals surface area contributed by atoms with Gasteiger partial charge in [0.1, 0.15) is 12.4 Å². The summed E-state index contributed by atoms with van der Waals surface area (Å²) in [5, 5.41) is 2.38. The van der Waals surface area contributed by atoms with Crippen LogP contribution < -0.4 is 5.32 Å². The van der Waals surface area contributed by atoms with Gasteiger partial charge in [0.15, 0.2) is 0 Å². The van der Waals surface area contributed by atoms with Crippen LogP contribution in [-0.2, 0) is 16.1 Å². The summed E-state index contributed by atoms with van der Waals surface area (Å²) in [5.74, 6) is -1.73. The Morgan fingerprint density at radius 2 is 2.05 bits per heavy atom. The van der Waals surface area contributed by atoms with Crippen molar-refractivity contribution in [2.24, 2.45) is 0 Å². The van der Waals surface area contributed by atoms with Crippen LogP contribution in [0, 0.1) is 5.82 Å². The molecule has 1 aromatic carbocycles. The molecule has 0 unspecified atom stereocenters. The van der Waals surface area contributed by atoms with E-state index >= 15 is 0 Å². The van der Waals surface area contributed by atoms with E-state index in [2.05, 4.69) is 15.0 Å². The van der Waals surface area contributed by atoms with Crippen molar-refractivity contribution >= 4 is 11.9 Å². The molecule has 114 valence electrons. The lowest BCUT2D eigenvalue weighted by Gasteiger charge is -2.17. The molecule has 1 fully saturated rings. The van der Waals surface area contributed by atoms with Crippen LogP contribution in [0.2, 0.25) is 0 Å². The number of hydrogen-bond donors (Lipinski definition) is 1. The fraction of sp³-hybridized carbons (Fsp3) is 0.467. The predicted molar refractivity (Wildman–Crippen MR) is 75.3 cm³/mol. The maximum atomic E-state index is 14.0. The molecule has 1 aromatic rings. The van der Waals surface area contributed by atoms with E-state index in [0.717, 1.165) is 25.9 Å². The summed E-state index contributed by atoms with van der Waals surface area (Å²) in [4.78, 5) is 25.3. The van der Waals surface area contributed by atoms with Crippen LogP contribution in [0.3, 0.4) is 0 Å². The van der Waals surface area contributed by atoms with Gasteiger partial charge in [-0.15, -0.1) is 0 Å². The van der Waals surface area contributed by atoms with Crippen LogP contribution >= 0.6 is 0 Å². The van der Waals surface area contributed by atoms with Crippen molar-refractivity contribution in [1.29, 1.82) is 0 Å². The van der Waals surface area contributed by atoms with E-state index < -0.39 is 17.7 Å². The lowest BCUT2D eigenvalue weighted by molar-refractivity contribution is -0.139. The molecule has 0 radical (unpaired) electrons. The van der Waals surface area contributed by atoms with Gasteiger partial charge in [-0.1, -0.05) is 12.1 Å². The molecule has 21 heavy (non-hydrogen) atoms. The summed E-state index contributed by atoms with van der Waals surface area (Å²) in [5.41, 5.74) is 0.646. The molecule has 1 aliphatic heterocycles. The van der Waals surface area contributed by atoms with Gasteiger partial charge in [0, 0.05) is 6.54 Å². The van der Waals surface area contributed by atoms with Gasteiger partial charge in [-0.3, -0.25) is 14.5 Å². The molecular formula is C15H19FN2O3. The van der Waals surface area contributed by atoms with Gasteiger partial charge in [0.05, 0.1) is 12.7 Å². The number of ether oxygens (including phenoxy) is 1. The number of carbonyl (C=O) groups is 2. The Morgan fingerprint density at radius 3 is 2.71 bits per heavy atom. The first-order valence-electron chi connectivity index (χ1n) is 6.96. The quantitative estimate of drug-likeness (QED) is 0.832. The molecular weight excluding hydrogens is 275 g/mol. The summed E-state index contributed by atoms with van der Waals surface area (Å²) in [6.45, 7) is 2.19. The first-order chi connectivity index (χ1) is 10.1. The van der Waals surface area contributed by atoms with Gasteiger partial charge < -0.3 is 10.1 Å². The zero-order valence-electron chi connectivity index (χ0n) is 12.0. The summed E-state index contributed by atoms with van der Waals surface area (Å²) in [7, 11) is 1.23. The van der Waals surface area contributed by atoms with Gasteiger partial charge in [0.2, 0.25) is 0 Å². The normalized spacial score (nSPS) is 15.0. The van der Waals surface area contributed by atoms with Crippen molar-refractivity contribution in [3.05, 3.63) is 35.1 Å². The molecule has 0 aromatic heterocycles. The van der Waals surface area contributed by atoms with Crippen molar-refractivity contribution in [3.8, 4) is 0 Å². The Morgan fingerprint density at radius 1 is 1.33 bits per heavy atom. The smallest absolute Gasteiger partial charge is 0.325 e. The molecule has 1 saturated heterocycles. The Bertz CT molecular complexity index is 528. The number of methoxy groups -OCH3 is 1. The summed E-state index contributed by atoms with van der Waals surface area (Å²) in [6.07, 6.45) is 2.25. The number of amides is 1. The predicted octanol–water partition coefficient (Wildman–Crippen LogP) is 1.32. The second-order valence-electron chi connectivity index (χ2n) is 5.02. The van der Waals surface area contributed by atoms with E-state index in [-0.39, 0.29) is 12.1 Å². The Labute approximate surface area is 123 Å². The number of nitrogens with one attached hydrogen (secondary N) is 1. The second kappa shape index (κ2) is 7.17. The van der Waals surface area contributed by atoms with Crippen LogP contribution in [-0.4, -0.2) is 43.5 Å². The largest absolute Gasteiger partial charge is 0.468 e. The highest BCUT2D eigenvalue weighted by Gasteiger charge is 2.20. The maximum absolute atomic E-state index is 14.0. The highest BCUT2D eigenvalue weighted by molar-refractivity contribution is 5.97. The van der Waals surface area contributed by atoms with E-state index in [0.29, 0.717) is 12.1 Å². The van der Waals surface area contributed by atoms with Gasteiger partial charge in [0.25, 0.3) is 5.91 Å². The highest BCUT2D eigenvalue weighted by atomic mass is 19.1. The molecule has 1 heterocycles. The fourth-order valence-corrected chi connectivity index (χ4v) is 2.45. The molecule has 5 nitrogen and oxygen atoms in total. The van der Waals surface area contributed by atoms with Gasteiger partial charge in [-0.05, 0) is 37.6 Å². The Balaban J connectivity index is 2.12. The number of carbonyl (C=O) groups excluding carboxylic acids is 2. The third kappa shape index (κ3) is 4.01. The molecule has 1 amide bonds. The zero-order valence-corrected chi connectivity index (χ0v) is 12.0. The highest BCUT2D eigenvalue weighted by Crippen LogP contribution is 2.18. The standard InChI is InChI=1S/C15H19FN2O3/c1-21-13(19)9-17-15(20)14-11(5-4-6-12(14)16)10-18-7-2-3-8-18/h4-6H,2-3,7-10H2,1H3,(H,17,20). The van der Waals surface area contributed by atoms with Crippen molar-refractivity contribution < 1.29 is 18.7 Å².